The minimum atomic E-state index is -4.50. The number of amides is 1. The molecule has 1 saturated heterocycles. The Morgan fingerprint density at radius 2 is 1.79 bits per heavy atom. The van der Waals surface area contributed by atoms with E-state index in [1.165, 1.54) is 4.68 Å². The van der Waals surface area contributed by atoms with Gasteiger partial charge in [-0.05, 0) is 43.2 Å². The van der Waals surface area contributed by atoms with Gasteiger partial charge in [0.15, 0.2) is 5.69 Å². The van der Waals surface area contributed by atoms with Gasteiger partial charge in [0.1, 0.15) is 12.3 Å². The molecule has 29 heavy (non-hydrogen) atoms. The number of halogens is 3. The van der Waals surface area contributed by atoms with E-state index < -0.39 is 11.9 Å². The molecule has 1 aliphatic heterocycles. The van der Waals surface area contributed by atoms with Crippen molar-refractivity contribution in [2.24, 2.45) is 0 Å². The number of piperazine rings is 1. The largest absolute Gasteiger partial charge is 0.497 e. The zero-order valence-corrected chi connectivity index (χ0v) is 16.2. The summed E-state index contributed by atoms with van der Waals surface area (Å²) in [5.74, 6) is 0.669. The van der Waals surface area contributed by atoms with Gasteiger partial charge < -0.3 is 14.5 Å². The van der Waals surface area contributed by atoms with Gasteiger partial charge in [0.05, 0.1) is 7.11 Å². The molecular formula is C20H23F3N4O2. The van der Waals surface area contributed by atoms with Crippen molar-refractivity contribution in [2.75, 3.05) is 38.2 Å². The van der Waals surface area contributed by atoms with Crippen molar-refractivity contribution in [3.63, 3.8) is 0 Å². The number of methoxy groups -OCH3 is 1. The van der Waals surface area contributed by atoms with Crippen LogP contribution in [-0.4, -0.2) is 53.9 Å². The Labute approximate surface area is 166 Å². The summed E-state index contributed by atoms with van der Waals surface area (Å²) in [7, 11) is 1.62. The third-order valence-electron chi connectivity index (χ3n) is 5.45. The second-order valence-corrected chi connectivity index (χ2v) is 7.45. The molecule has 1 aromatic carbocycles. The van der Waals surface area contributed by atoms with Crippen LogP contribution in [0.5, 0.6) is 5.75 Å². The van der Waals surface area contributed by atoms with E-state index in [1.54, 1.807) is 12.0 Å². The number of aromatic nitrogens is 2. The molecular weight excluding hydrogens is 385 g/mol. The molecule has 0 bridgehead atoms. The molecule has 0 radical (unpaired) electrons. The lowest BCUT2D eigenvalue weighted by Gasteiger charge is -2.36. The van der Waals surface area contributed by atoms with Gasteiger partial charge in [-0.1, -0.05) is 0 Å². The maximum absolute atomic E-state index is 13.0. The highest BCUT2D eigenvalue weighted by Crippen LogP contribution is 2.42. The Hall–Kier alpha value is -2.71. The molecule has 2 aromatic rings. The standard InChI is InChI=1S/C20H23F3N4O2/c1-29-16-6-4-15(5-7-16)25-8-10-26(11-9-25)19(28)13-27-17(14-2-3-14)12-18(24-27)20(21,22)23/h4-7,12,14H,2-3,8-11,13H2,1H3. The van der Waals surface area contributed by atoms with E-state index in [2.05, 4.69) is 10.00 Å². The number of anilines is 1. The molecule has 2 heterocycles. The molecule has 0 unspecified atom stereocenters. The third-order valence-corrected chi connectivity index (χ3v) is 5.45. The zero-order valence-electron chi connectivity index (χ0n) is 16.2. The minimum absolute atomic E-state index is 0.0818. The third kappa shape index (κ3) is 4.33. The number of rotatable bonds is 5. The summed E-state index contributed by atoms with van der Waals surface area (Å²) in [5.41, 5.74) is 0.648. The molecule has 2 aliphatic rings. The Balaban J connectivity index is 1.38. The monoisotopic (exact) mass is 408 g/mol. The van der Waals surface area contributed by atoms with Gasteiger partial charge in [-0.2, -0.15) is 18.3 Å². The minimum Gasteiger partial charge on any atom is -0.497 e. The fourth-order valence-electron chi connectivity index (χ4n) is 3.64. The molecule has 1 aliphatic carbocycles. The predicted octanol–water partition coefficient (Wildman–Crippen LogP) is 3.14. The smallest absolute Gasteiger partial charge is 0.435 e. The number of ether oxygens (including phenoxy) is 1. The summed E-state index contributed by atoms with van der Waals surface area (Å²) >= 11 is 0. The summed E-state index contributed by atoms with van der Waals surface area (Å²) in [5, 5.41) is 3.68. The molecule has 1 amide bonds. The van der Waals surface area contributed by atoms with Crippen LogP contribution in [0.25, 0.3) is 0 Å². The van der Waals surface area contributed by atoms with Crippen molar-refractivity contribution in [2.45, 2.75) is 31.5 Å². The van der Waals surface area contributed by atoms with Gasteiger partial charge in [-0.25, -0.2) is 0 Å². The molecule has 1 saturated carbocycles. The Morgan fingerprint density at radius 1 is 1.14 bits per heavy atom. The van der Waals surface area contributed by atoms with Crippen molar-refractivity contribution in [1.82, 2.24) is 14.7 Å². The molecule has 4 rings (SSSR count). The van der Waals surface area contributed by atoms with Crippen LogP contribution in [0.3, 0.4) is 0 Å². The quantitative estimate of drug-likeness (QED) is 0.763. The van der Waals surface area contributed by atoms with E-state index in [1.807, 2.05) is 24.3 Å². The van der Waals surface area contributed by atoms with Gasteiger partial charge >= 0.3 is 6.18 Å². The van der Waals surface area contributed by atoms with Crippen molar-refractivity contribution in [1.29, 1.82) is 0 Å². The summed E-state index contributed by atoms with van der Waals surface area (Å²) in [6.07, 6.45) is -2.81. The van der Waals surface area contributed by atoms with Gasteiger partial charge in [0, 0.05) is 43.5 Å². The highest BCUT2D eigenvalue weighted by atomic mass is 19.4. The summed E-state index contributed by atoms with van der Waals surface area (Å²) < 4.78 is 45.5. The van der Waals surface area contributed by atoms with Crippen LogP contribution >= 0.6 is 0 Å². The number of hydrogen-bond donors (Lipinski definition) is 0. The first-order valence-electron chi connectivity index (χ1n) is 9.67. The molecule has 2 fully saturated rings. The van der Waals surface area contributed by atoms with Crippen molar-refractivity contribution in [3.05, 3.63) is 41.7 Å². The molecule has 156 valence electrons. The van der Waals surface area contributed by atoms with Crippen LogP contribution in [0.15, 0.2) is 30.3 Å². The van der Waals surface area contributed by atoms with E-state index >= 15 is 0 Å². The van der Waals surface area contributed by atoms with E-state index in [4.69, 9.17) is 4.74 Å². The van der Waals surface area contributed by atoms with Gasteiger partial charge in [0.2, 0.25) is 5.91 Å². The number of benzene rings is 1. The second kappa shape index (κ2) is 7.61. The summed E-state index contributed by atoms with van der Waals surface area (Å²) in [4.78, 5) is 16.6. The first-order valence-corrected chi connectivity index (χ1v) is 9.67. The van der Waals surface area contributed by atoms with Crippen molar-refractivity contribution >= 4 is 11.6 Å². The maximum atomic E-state index is 13.0. The number of alkyl halides is 3. The second-order valence-electron chi connectivity index (χ2n) is 7.45. The summed E-state index contributed by atoms with van der Waals surface area (Å²) in [6.45, 7) is 2.24. The first kappa shape index (κ1) is 19.6. The lowest BCUT2D eigenvalue weighted by molar-refractivity contribution is -0.142. The fraction of sp³-hybridized carbons (Fsp3) is 0.500. The molecule has 0 atom stereocenters. The lowest BCUT2D eigenvalue weighted by atomic mass is 10.2. The topological polar surface area (TPSA) is 50.6 Å². The normalized spacial score (nSPS) is 17.5. The fourth-order valence-corrected chi connectivity index (χ4v) is 3.64. The van der Waals surface area contributed by atoms with Gasteiger partial charge in [0.25, 0.3) is 0 Å². The highest BCUT2D eigenvalue weighted by molar-refractivity contribution is 5.76. The van der Waals surface area contributed by atoms with E-state index in [0.29, 0.717) is 31.9 Å². The molecule has 0 spiro atoms. The highest BCUT2D eigenvalue weighted by Gasteiger charge is 2.38. The van der Waals surface area contributed by atoms with Gasteiger partial charge in [-0.15, -0.1) is 0 Å². The lowest BCUT2D eigenvalue weighted by Crippen LogP contribution is -2.49. The molecule has 0 N–H and O–H groups in total. The van der Waals surface area contributed by atoms with Crippen LogP contribution in [0.2, 0.25) is 0 Å². The van der Waals surface area contributed by atoms with Crippen molar-refractivity contribution in [3.8, 4) is 5.75 Å². The average molecular weight is 408 g/mol. The van der Waals surface area contributed by atoms with E-state index in [0.717, 1.165) is 30.3 Å². The van der Waals surface area contributed by atoms with Crippen LogP contribution in [0.4, 0.5) is 18.9 Å². The van der Waals surface area contributed by atoms with Gasteiger partial charge in [-0.3, -0.25) is 9.48 Å². The van der Waals surface area contributed by atoms with Crippen molar-refractivity contribution < 1.29 is 22.7 Å². The van der Waals surface area contributed by atoms with Crippen LogP contribution in [-0.2, 0) is 17.5 Å². The molecule has 6 nitrogen and oxygen atoms in total. The summed E-state index contributed by atoms with van der Waals surface area (Å²) in [6, 6.07) is 8.82. The molecule has 1 aromatic heterocycles. The Kier molecular flexibility index (Phi) is 5.14. The predicted molar refractivity (Wildman–Crippen MR) is 101 cm³/mol. The molecule has 9 heteroatoms. The average Bonchev–Trinajstić information content (AvgIpc) is 3.47. The maximum Gasteiger partial charge on any atom is 0.435 e. The first-order chi connectivity index (χ1) is 13.8. The van der Waals surface area contributed by atoms with Crippen LogP contribution < -0.4 is 9.64 Å². The van der Waals surface area contributed by atoms with Crippen LogP contribution in [0, 0.1) is 0 Å². The number of carbonyl (C=O) groups is 1. The van der Waals surface area contributed by atoms with E-state index in [-0.39, 0.29) is 18.4 Å². The van der Waals surface area contributed by atoms with E-state index in [9.17, 15) is 18.0 Å². The SMILES string of the molecule is COc1ccc(N2CCN(C(=O)Cn3nc(C(F)(F)F)cc3C3CC3)CC2)cc1. The Bertz CT molecular complexity index is 867. The Morgan fingerprint density at radius 3 is 2.34 bits per heavy atom. The zero-order chi connectivity index (χ0) is 20.6. The number of nitrogens with zero attached hydrogens (tertiary/aromatic N) is 4. The number of carbonyl (C=O) groups excluding carboxylic acids is 1. The number of hydrogen-bond acceptors (Lipinski definition) is 4. The van der Waals surface area contributed by atoms with Crippen LogP contribution in [0.1, 0.15) is 30.1 Å².